The van der Waals surface area contributed by atoms with Gasteiger partial charge in [-0.25, -0.2) is 4.79 Å². The summed E-state index contributed by atoms with van der Waals surface area (Å²) in [5, 5.41) is 2.98. The van der Waals surface area contributed by atoms with Crippen LogP contribution in [0.15, 0.2) is 24.3 Å². The third-order valence-corrected chi connectivity index (χ3v) is 3.61. The molecule has 0 aromatic heterocycles. The number of benzene rings is 1. The molecule has 1 heterocycles. The number of carbonyl (C=O) groups excluding carboxylic acids is 1. The first-order valence-corrected chi connectivity index (χ1v) is 7.03. The molecule has 0 unspecified atom stereocenters. The van der Waals surface area contributed by atoms with Crippen LogP contribution in [-0.4, -0.2) is 62.7 Å². The lowest BCUT2D eigenvalue weighted by Crippen LogP contribution is -2.50. The molecule has 2 amide bonds. The summed E-state index contributed by atoms with van der Waals surface area (Å²) in [7, 11) is 3.74. The van der Waals surface area contributed by atoms with Gasteiger partial charge in [0.2, 0.25) is 0 Å². The summed E-state index contributed by atoms with van der Waals surface area (Å²) in [4.78, 5) is 16.1. The van der Waals surface area contributed by atoms with Crippen molar-refractivity contribution < 1.29 is 9.53 Å². The van der Waals surface area contributed by atoms with Crippen molar-refractivity contribution in [3.8, 4) is 5.75 Å². The number of carbonyl (C=O) groups is 1. The Morgan fingerprint density at radius 2 is 2.05 bits per heavy atom. The lowest BCUT2D eigenvalue weighted by atomic mass is 10.1. The van der Waals surface area contributed by atoms with Gasteiger partial charge in [-0.15, -0.1) is 0 Å². The van der Waals surface area contributed by atoms with Gasteiger partial charge < -0.3 is 19.9 Å². The van der Waals surface area contributed by atoms with Crippen LogP contribution in [0.1, 0.15) is 5.56 Å². The molecule has 1 aromatic rings. The Hall–Kier alpha value is -1.75. The fraction of sp³-hybridized carbons (Fsp3) is 0.533. The maximum Gasteiger partial charge on any atom is 0.317 e. The van der Waals surface area contributed by atoms with Crippen LogP contribution in [0.2, 0.25) is 0 Å². The fourth-order valence-electron chi connectivity index (χ4n) is 2.26. The van der Waals surface area contributed by atoms with Crippen molar-refractivity contribution in [3.63, 3.8) is 0 Å². The van der Waals surface area contributed by atoms with Crippen LogP contribution in [0.5, 0.6) is 5.75 Å². The number of methoxy groups -OCH3 is 1. The Morgan fingerprint density at radius 1 is 1.30 bits per heavy atom. The topological polar surface area (TPSA) is 44.8 Å². The number of urea groups is 1. The highest BCUT2D eigenvalue weighted by molar-refractivity contribution is 5.74. The molecule has 1 N–H and O–H groups in total. The molecule has 1 fully saturated rings. The Labute approximate surface area is 120 Å². The van der Waals surface area contributed by atoms with Crippen molar-refractivity contribution in [2.24, 2.45) is 0 Å². The molecule has 1 aromatic carbocycles. The summed E-state index contributed by atoms with van der Waals surface area (Å²) in [6.45, 7) is 4.16. The maximum atomic E-state index is 12.0. The van der Waals surface area contributed by atoms with E-state index in [1.165, 1.54) is 5.56 Å². The van der Waals surface area contributed by atoms with Crippen LogP contribution in [0.25, 0.3) is 0 Å². The van der Waals surface area contributed by atoms with E-state index in [-0.39, 0.29) is 6.03 Å². The summed E-state index contributed by atoms with van der Waals surface area (Å²) in [5.74, 6) is 0.855. The van der Waals surface area contributed by atoms with Gasteiger partial charge in [0, 0.05) is 32.7 Å². The number of likely N-dealkylation sites (N-methyl/N-ethyl adjacent to an activating group) is 1. The van der Waals surface area contributed by atoms with Crippen LogP contribution in [0, 0.1) is 0 Å². The van der Waals surface area contributed by atoms with E-state index >= 15 is 0 Å². The van der Waals surface area contributed by atoms with Crippen LogP contribution >= 0.6 is 0 Å². The first-order chi connectivity index (χ1) is 9.69. The third kappa shape index (κ3) is 4.13. The molecule has 1 aliphatic heterocycles. The van der Waals surface area contributed by atoms with Gasteiger partial charge in [-0.2, -0.15) is 0 Å². The van der Waals surface area contributed by atoms with E-state index < -0.39 is 0 Å². The second-order valence-corrected chi connectivity index (χ2v) is 5.12. The normalized spacial score (nSPS) is 16.0. The molecule has 0 bridgehead atoms. The lowest BCUT2D eigenvalue weighted by Gasteiger charge is -2.32. The smallest absolute Gasteiger partial charge is 0.317 e. The molecule has 2 rings (SSSR count). The largest absolute Gasteiger partial charge is 0.497 e. The molecule has 1 aliphatic rings. The minimum atomic E-state index is 0.0426. The van der Waals surface area contributed by atoms with Crippen LogP contribution in [-0.2, 0) is 6.42 Å². The lowest BCUT2D eigenvalue weighted by molar-refractivity contribution is 0.154. The number of nitrogens with one attached hydrogen (secondary N) is 1. The number of rotatable bonds is 4. The molecular weight excluding hydrogens is 254 g/mol. The molecular formula is C15H23N3O2. The maximum absolute atomic E-state index is 12.0. The van der Waals surface area contributed by atoms with Crippen LogP contribution < -0.4 is 10.1 Å². The molecule has 0 aliphatic carbocycles. The zero-order valence-electron chi connectivity index (χ0n) is 12.3. The predicted octanol–water partition coefficient (Wildman–Crippen LogP) is 1.19. The van der Waals surface area contributed by atoms with Gasteiger partial charge in [0.1, 0.15) is 5.75 Å². The molecule has 0 saturated carbocycles. The zero-order valence-corrected chi connectivity index (χ0v) is 12.3. The van der Waals surface area contributed by atoms with E-state index in [1.54, 1.807) is 7.11 Å². The van der Waals surface area contributed by atoms with Gasteiger partial charge in [-0.05, 0) is 31.2 Å². The van der Waals surface area contributed by atoms with Gasteiger partial charge in [-0.1, -0.05) is 12.1 Å². The van der Waals surface area contributed by atoms with E-state index in [0.717, 1.165) is 38.3 Å². The monoisotopic (exact) mass is 277 g/mol. The van der Waals surface area contributed by atoms with Crippen LogP contribution in [0.4, 0.5) is 4.79 Å². The molecule has 0 atom stereocenters. The summed E-state index contributed by atoms with van der Waals surface area (Å²) >= 11 is 0. The number of ether oxygens (including phenoxy) is 1. The highest BCUT2D eigenvalue weighted by Gasteiger charge is 2.18. The first-order valence-electron chi connectivity index (χ1n) is 7.03. The van der Waals surface area contributed by atoms with Crippen LogP contribution in [0.3, 0.4) is 0 Å². The highest BCUT2D eigenvalue weighted by atomic mass is 16.5. The average molecular weight is 277 g/mol. The minimum absolute atomic E-state index is 0.0426. The highest BCUT2D eigenvalue weighted by Crippen LogP contribution is 2.12. The fourth-order valence-corrected chi connectivity index (χ4v) is 2.26. The first kappa shape index (κ1) is 14.7. The Balaban J connectivity index is 1.73. The SMILES string of the molecule is COc1cccc(CCNC(=O)N2CCN(C)CC2)c1. The standard InChI is InChI=1S/C15H23N3O2/c1-17-8-10-18(11-9-17)15(19)16-7-6-13-4-3-5-14(12-13)20-2/h3-5,12H,6-11H2,1-2H3,(H,16,19). The summed E-state index contributed by atoms with van der Waals surface area (Å²) < 4.78 is 5.19. The molecule has 5 nitrogen and oxygen atoms in total. The zero-order chi connectivity index (χ0) is 14.4. The van der Waals surface area contributed by atoms with Crippen molar-refractivity contribution in [1.29, 1.82) is 0 Å². The van der Waals surface area contributed by atoms with E-state index in [1.807, 2.05) is 29.2 Å². The molecule has 0 spiro atoms. The molecule has 20 heavy (non-hydrogen) atoms. The molecule has 110 valence electrons. The summed E-state index contributed by atoms with van der Waals surface area (Å²) in [6, 6.07) is 7.98. The molecule has 5 heteroatoms. The second-order valence-electron chi connectivity index (χ2n) is 5.12. The second kappa shape index (κ2) is 7.14. The van der Waals surface area contributed by atoms with E-state index in [9.17, 15) is 4.79 Å². The van der Waals surface area contributed by atoms with Gasteiger partial charge in [0.25, 0.3) is 0 Å². The van der Waals surface area contributed by atoms with Gasteiger partial charge in [-0.3, -0.25) is 0 Å². The summed E-state index contributed by atoms with van der Waals surface area (Å²) in [6.07, 6.45) is 0.816. The van der Waals surface area contributed by atoms with Crippen molar-refractivity contribution in [1.82, 2.24) is 15.1 Å². The number of hydrogen-bond donors (Lipinski definition) is 1. The number of nitrogens with zero attached hydrogens (tertiary/aromatic N) is 2. The van der Waals surface area contributed by atoms with E-state index in [0.29, 0.717) is 6.54 Å². The van der Waals surface area contributed by atoms with Crippen molar-refractivity contribution >= 4 is 6.03 Å². The van der Waals surface area contributed by atoms with Crippen molar-refractivity contribution in [2.75, 3.05) is 46.9 Å². The van der Waals surface area contributed by atoms with Gasteiger partial charge >= 0.3 is 6.03 Å². The number of amides is 2. The van der Waals surface area contributed by atoms with E-state index in [2.05, 4.69) is 17.3 Å². The third-order valence-electron chi connectivity index (χ3n) is 3.61. The molecule has 0 radical (unpaired) electrons. The number of piperazine rings is 1. The molecule has 1 saturated heterocycles. The Bertz CT molecular complexity index is 442. The van der Waals surface area contributed by atoms with Crippen molar-refractivity contribution in [3.05, 3.63) is 29.8 Å². The number of hydrogen-bond acceptors (Lipinski definition) is 3. The van der Waals surface area contributed by atoms with E-state index in [4.69, 9.17) is 4.74 Å². The Kier molecular flexibility index (Phi) is 5.24. The Morgan fingerprint density at radius 3 is 2.75 bits per heavy atom. The minimum Gasteiger partial charge on any atom is -0.497 e. The average Bonchev–Trinajstić information content (AvgIpc) is 2.48. The van der Waals surface area contributed by atoms with Crippen molar-refractivity contribution in [2.45, 2.75) is 6.42 Å². The quantitative estimate of drug-likeness (QED) is 0.899. The van der Waals surface area contributed by atoms with Gasteiger partial charge in [0.05, 0.1) is 7.11 Å². The predicted molar refractivity (Wildman–Crippen MR) is 79.2 cm³/mol. The summed E-state index contributed by atoms with van der Waals surface area (Å²) in [5.41, 5.74) is 1.17. The van der Waals surface area contributed by atoms with Gasteiger partial charge in [0.15, 0.2) is 0 Å².